The zero-order chi connectivity index (χ0) is 27.8. The minimum atomic E-state index is -1.19. The number of carbonyl (C=O) groups is 3. The monoisotopic (exact) mass is 530 g/mol. The van der Waals surface area contributed by atoms with Crippen LogP contribution >= 0.6 is 0 Å². The van der Waals surface area contributed by atoms with Gasteiger partial charge in [-0.2, -0.15) is 0 Å². The zero-order valence-electron chi connectivity index (χ0n) is 22.1. The second kappa shape index (κ2) is 13.1. The Kier molecular flexibility index (Phi) is 9.33. The van der Waals surface area contributed by atoms with E-state index in [2.05, 4.69) is 34.9 Å². The van der Waals surface area contributed by atoms with Gasteiger partial charge in [0.05, 0.1) is 12.7 Å². The predicted octanol–water partition coefficient (Wildman–Crippen LogP) is 4.73. The molecular weight excluding hydrogens is 496 g/mol. The van der Waals surface area contributed by atoms with Gasteiger partial charge in [-0.15, -0.1) is 0 Å². The first-order valence-electron chi connectivity index (χ1n) is 13.1. The van der Waals surface area contributed by atoms with Gasteiger partial charge in [-0.25, -0.2) is 9.59 Å². The smallest absolute Gasteiger partial charge is 0.407 e. The van der Waals surface area contributed by atoms with Crippen LogP contribution in [0.25, 0.3) is 11.1 Å². The number of amides is 2. The van der Waals surface area contributed by atoms with E-state index < -0.39 is 30.1 Å². The van der Waals surface area contributed by atoms with Crippen LogP contribution in [0, 0.1) is 5.92 Å². The van der Waals surface area contributed by atoms with Crippen molar-refractivity contribution < 1.29 is 29.0 Å². The van der Waals surface area contributed by atoms with Gasteiger partial charge in [0.2, 0.25) is 5.91 Å². The van der Waals surface area contributed by atoms with E-state index in [0.717, 1.165) is 27.8 Å². The molecule has 0 fully saturated rings. The Balaban J connectivity index is 1.21. The Morgan fingerprint density at radius 1 is 0.872 bits per heavy atom. The van der Waals surface area contributed by atoms with Crippen molar-refractivity contribution in [1.82, 2.24) is 10.6 Å². The van der Waals surface area contributed by atoms with Crippen molar-refractivity contribution in [3.63, 3.8) is 0 Å². The molecule has 2 amide bonds. The van der Waals surface area contributed by atoms with Crippen LogP contribution in [-0.2, 0) is 25.7 Å². The molecule has 0 aliphatic heterocycles. The second-order valence-corrected chi connectivity index (χ2v) is 9.90. The molecule has 204 valence electrons. The second-order valence-electron chi connectivity index (χ2n) is 9.90. The van der Waals surface area contributed by atoms with E-state index in [1.807, 2.05) is 54.6 Å². The predicted molar refractivity (Wildman–Crippen MR) is 147 cm³/mol. The van der Waals surface area contributed by atoms with Crippen LogP contribution in [-0.4, -0.2) is 48.4 Å². The van der Waals surface area contributed by atoms with E-state index in [0.29, 0.717) is 0 Å². The number of fused-ring (bicyclic) bond motifs is 3. The first-order chi connectivity index (χ1) is 18.8. The molecule has 0 spiro atoms. The molecule has 0 heterocycles. The third kappa shape index (κ3) is 7.23. The van der Waals surface area contributed by atoms with Crippen LogP contribution in [0.5, 0.6) is 0 Å². The fourth-order valence-electron chi connectivity index (χ4n) is 4.81. The zero-order valence-corrected chi connectivity index (χ0v) is 22.1. The van der Waals surface area contributed by atoms with Gasteiger partial charge in [-0.05, 0) is 40.7 Å². The summed E-state index contributed by atoms with van der Waals surface area (Å²) in [6.07, 6.45) is -1.25. The molecule has 1 aliphatic rings. The topological polar surface area (TPSA) is 114 Å². The number of aliphatic carboxylic acids is 1. The number of hydrogen-bond acceptors (Lipinski definition) is 5. The summed E-state index contributed by atoms with van der Waals surface area (Å²) < 4.78 is 11.2. The lowest BCUT2D eigenvalue weighted by Crippen LogP contribution is -2.49. The van der Waals surface area contributed by atoms with Crippen molar-refractivity contribution >= 4 is 18.0 Å². The van der Waals surface area contributed by atoms with Crippen molar-refractivity contribution in [2.45, 2.75) is 44.9 Å². The Hall–Kier alpha value is -4.17. The largest absolute Gasteiger partial charge is 0.480 e. The van der Waals surface area contributed by atoms with Crippen LogP contribution < -0.4 is 10.6 Å². The SMILES string of the molecule is CC(CNC(=O)OCC1c2ccccc2-c2ccccc21)CC(=O)NC(C(=O)O)C(C)OCc1ccccc1. The molecule has 0 saturated heterocycles. The van der Waals surface area contributed by atoms with E-state index >= 15 is 0 Å². The van der Waals surface area contributed by atoms with E-state index in [1.54, 1.807) is 13.8 Å². The van der Waals surface area contributed by atoms with Gasteiger partial charge in [-0.3, -0.25) is 4.79 Å². The summed E-state index contributed by atoms with van der Waals surface area (Å²) in [5, 5.41) is 14.9. The highest BCUT2D eigenvalue weighted by atomic mass is 16.5. The van der Waals surface area contributed by atoms with E-state index in [1.165, 1.54) is 0 Å². The number of hydrogen-bond donors (Lipinski definition) is 3. The number of carboxylic acids is 1. The molecule has 8 heteroatoms. The molecule has 0 saturated carbocycles. The fraction of sp³-hybridized carbons (Fsp3) is 0.323. The van der Waals surface area contributed by atoms with Gasteiger partial charge >= 0.3 is 12.1 Å². The maximum atomic E-state index is 12.6. The first kappa shape index (κ1) is 27.9. The summed E-state index contributed by atoms with van der Waals surface area (Å²) in [6, 6.07) is 24.4. The minimum absolute atomic E-state index is 0.0367. The summed E-state index contributed by atoms with van der Waals surface area (Å²) in [7, 11) is 0. The molecule has 3 aromatic rings. The number of carboxylic acid groups (broad SMARTS) is 1. The molecule has 8 nitrogen and oxygen atoms in total. The van der Waals surface area contributed by atoms with E-state index in [-0.39, 0.29) is 38.0 Å². The lowest BCUT2D eigenvalue weighted by molar-refractivity contribution is -0.146. The molecule has 0 aromatic heterocycles. The third-order valence-electron chi connectivity index (χ3n) is 6.88. The summed E-state index contributed by atoms with van der Waals surface area (Å²) in [4.78, 5) is 36.7. The summed E-state index contributed by atoms with van der Waals surface area (Å²) in [5.74, 6) is -1.88. The lowest BCUT2D eigenvalue weighted by Gasteiger charge is -2.23. The molecule has 3 aromatic carbocycles. The van der Waals surface area contributed by atoms with Crippen molar-refractivity contribution in [1.29, 1.82) is 0 Å². The Morgan fingerprint density at radius 3 is 2.08 bits per heavy atom. The van der Waals surface area contributed by atoms with Crippen LogP contribution in [0.1, 0.15) is 42.9 Å². The van der Waals surface area contributed by atoms with Crippen molar-refractivity contribution in [2.24, 2.45) is 5.92 Å². The summed E-state index contributed by atoms with van der Waals surface area (Å²) in [5.41, 5.74) is 5.48. The number of nitrogens with one attached hydrogen (secondary N) is 2. The average Bonchev–Trinajstić information content (AvgIpc) is 3.26. The maximum Gasteiger partial charge on any atom is 0.407 e. The maximum absolute atomic E-state index is 12.6. The highest BCUT2D eigenvalue weighted by molar-refractivity contribution is 5.84. The van der Waals surface area contributed by atoms with Gasteiger partial charge in [0, 0.05) is 18.9 Å². The van der Waals surface area contributed by atoms with Gasteiger partial charge in [0.25, 0.3) is 0 Å². The molecule has 3 atom stereocenters. The number of carbonyl (C=O) groups excluding carboxylic acids is 2. The normalized spacial score (nSPS) is 14.4. The third-order valence-corrected chi connectivity index (χ3v) is 6.88. The van der Waals surface area contributed by atoms with Gasteiger partial charge in [-0.1, -0.05) is 85.8 Å². The molecule has 3 N–H and O–H groups in total. The number of benzene rings is 3. The Labute approximate surface area is 228 Å². The van der Waals surface area contributed by atoms with Crippen molar-refractivity contribution in [3.8, 4) is 11.1 Å². The number of ether oxygens (including phenoxy) is 2. The first-order valence-corrected chi connectivity index (χ1v) is 13.1. The Morgan fingerprint density at radius 2 is 1.46 bits per heavy atom. The van der Waals surface area contributed by atoms with E-state index in [4.69, 9.17) is 9.47 Å². The van der Waals surface area contributed by atoms with Crippen LogP contribution in [0.3, 0.4) is 0 Å². The van der Waals surface area contributed by atoms with Gasteiger partial charge in [0.15, 0.2) is 6.04 Å². The van der Waals surface area contributed by atoms with Crippen molar-refractivity contribution in [2.75, 3.05) is 13.2 Å². The molecule has 3 unspecified atom stereocenters. The van der Waals surface area contributed by atoms with E-state index in [9.17, 15) is 19.5 Å². The molecule has 4 rings (SSSR count). The summed E-state index contributed by atoms with van der Waals surface area (Å²) in [6.45, 7) is 4.07. The summed E-state index contributed by atoms with van der Waals surface area (Å²) >= 11 is 0. The lowest BCUT2D eigenvalue weighted by atomic mass is 9.98. The quantitative estimate of drug-likeness (QED) is 0.312. The Bertz CT molecular complexity index is 1250. The standard InChI is InChI=1S/C31H34N2O6/c1-20(16-28(34)33-29(30(35)36)21(2)38-18-22-10-4-3-5-11-22)17-32-31(37)39-19-27-25-14-8-6-12-23(25)24-13-7-9-15-26(24)27/h3-15,20-21,27,29H,16-19H2,1-2H3,(H,32,37)(H,33,34)(H,35,36). The number of alkyl carbamates (subject to hydrolysis) is 1. The molecule has 0 radical (unpaired) electrons. The van der Waals surface area contributed by atoms with Gasteiger partial charge in [0.1, 0.15) is 6.61 Å². The highest BCUT2D eigenvalue weighted by Gasteiger charge is 2.30. The highest BCUT2D eigenvalue weighted by Crippen LogP contribution is 2.44. The minimum Gasteiger partial charge on any atom is -0.480 e. The van der Waals surface area contributed by atoms with Crippen molar-refractivity contribution in [3.05, 3.63) is 95.6 Å². The molecule has 0 bridgehead atoms. The fourth-order valence-corrected chi connectivity index (χ4v) is 4.81. The van der Waals surface area contributed by atoms with Crippen LogP contribution in [0.4, 0.5) is 4.79 Å². The van der Waals surface area contributed by atoms with Crippen LogP contribution in [0.2, 0.25) is 0 Å². The number of rotatable bonds is 12. The molecule has 1 aliphatic carbocycles. The van der Waals surface area contributed by atoms with Crippen LogP contribution in [0.15, 0.2) is 78.9 Å². The van der Waals surface area contributed by atoms with Gasteiger partial charge < -0.3 is 25.2 Å². The molecular formula is C31H34N2O6. The average molecular weight is 531 g/mol. The molecule has 39 heavy (non-hydrogen) atoms.